The molecule has 0 aliphatic carbocycles. The van der Waals surface area contributed by atoms with Gasteiger partial charge < -0.3 is 4.74 Å². The molecule has 1 fully saturated rings. The fraction of sp³-hybridized carbons (Fsp3) is 0.538. The van der Waals surface area contributed by atoms with Crippen LogP contribution in [0.2, 0.25) is 0 Å². The van der Waals surface area contributed by atoms with Gasteiger partial charge in [-0.05, 0) is 38.3 Å². The van der Waals surface area contributed by atoms with Gasteiger partial charge in [0.1, 0.15) is 0 Å². The van der Waals surface area contributed by atoms with E-state index in [1.807, 2.05) is 26.0 Å². The largest absolute Gasteiger partial charge is 0.381 e. The maximum atomic E-state index is 12.3. The van der Waals surface area contributed by atoms with E-state index in [4.69, 9.17) is 4.74 Å². The molecule has 1 aromatic rings. The fourth-order valence-electron chi connectivity index (χ4n) is 2.20. The lowest BCUT2D eigenvalue weighted by molar-refractivity contribution is 0.0832. The fourth-order valence-corrected chi connectivity index (χ4v) is 3.73. The molecule has 0 radical (unpaired) electrons. The van der Waals surface area contributed by atoms with Crippen molar-refractivity contribution in [1.29, 1.82) is 0 Å². The van der Waals surface area contributed by atoms with Gasteiger partial charge in [0.15, 0.2) is 0 Å². The topological polar surface area (TPSA) is 55.4 Å². The first kappa shape index (κ1) is 13.5. The molecule has 0 amide bonds. The highest BCUT2D eigenvalue weighted by atomic mass is 32.2. The van der Waals surface area contributed by atoms with Gasteiger partial charge in [-0.2, -0.15) is 0 Å². The van der Waals surface area contributed by atoms with E-state index in [1.54, 1.807) is 6.07 Å². The van der Waals surface area contributed by atoms with E-state index >= 15 is 0 Å². The number of hydrogen-bond acceptors (Lipinski definition) is 3. The maximum absolute atomic E-state index is 12.3. The Labute approximate surface area is 108 Å². The third kappa shape index (κ3) is 3.10. The van der Waals surface area contributed by atoms with Gasteiger partial charge in [0.05, 0.1) is 4.90 Å². The highest BCUT2D eigenvalue weighted by Crippen LogP contribution is 2.18. The monoisotopic (exact) mass is 269 g/mol. The molecule has 1 N–H and O–H groups in total. The van der Waals surface area contributed by atoms with Gasteiger partial charge in [0.25, 0.3) is 0 Å². The number of ether oxygens (including phenoxy) is 1. The van der Waals surface area contributed by atoms with Gasteiger partial charge in [-0.25, -0.2) is 13.1 Å². The Morgan fingerprint density at radius 2 is 1.89 bits per heavy atom. The molecule has 100 valence electrons. The van der Waals surface area contributed by atoms with Crippen molar-refractivity contribution >= 4 is 10.0 Å². The summed E-state index contributed by atoms with van der Waals surface area (Å²) >= 11 is 0. The first-order valence-corrected chi connectivity index (χ1v) is 7.65. The van der Waals surface area contributed by atoms with E-state index < -0.39 is 10.0 Å². The molecule has 0 aromatic heterocycles. The Morgan fingerprint density at radius 3 is 2.50 bits per heavy atom. The molecule has 0 atom stereocenters. The van der Waals surface area contributed by atoms with Crippen LogP contribution >= 0.6 is 0 Å². The van der Waals surface area contributed by atoms with E-state index in [0.717, 1.165) is 24.0 Å². The van der Waals surface area contributed by atoms with E-state index in [2.05, 4.69) is 4.72 Å². The molecule has 0 spiro atoms. The van der Waals surface area contributed by atoms with Gasteiger partial charge in [0.2, 0.25) is 10.0 Å². The minimum atomic E-state index is -3.41. The molecule has 4 nitrogen and oxygen atoms in total. The molecule has 0 saturated carbocycles. The summed E-state index contributed by atoms with van der Waals surface area (Å²) in [6, 6.07) is 5.38. The zero-order chi connectivity index (χ0) is 13.2. The molecule has 1 saturated heterocycles. The number of rotatable bonds is 3. The third-order valence-corrected chi connectivity index (χ3v) is 4.84. The lowest BCUT2D eigenvalue weighted by Crippen LogP contribution is -2.39. The summed E-state index contributed by atoms with van der Waals surface area (Å²) in [6.07, 6.45) is 1.48. The second kappa shape index (κ2) is 5.38. The molecule has 0 bridgehead atoms. The van der Waals surface area contributed by atoms with Crippen LogP contribution in [0.3, 0.4) is 0 Å². The lowest BCUT2D eigenvalue weighted by atomic mass is 10.1. The quantitative estimate of drug-likeness (QED) is 0.909. The lowest BCUT2D eigenvalue weighted by Gasteiger charge is -2.23. The van der Waals surface area contributed by atoms with Crippen molar-refractivity contribution in [3.8, 4) is 0 Å². The predicted molar refractivity (Wildman–Crippen MR) is 70.1 cm³/mol. The summed E-state index contributed by atoms with van der Waals surface area (Å²) in [6.45, 7) is 5.03. The predicted octanol–water partition coefficient (Wildman–Crippen LogP) is 1.76. The summed E-state index contributed by atoms with van der Waals surface area (Å²) in [5.41, 5.74) is 1.85. The van der Waals surface area contributed by atoms with Gasteiger partial charge >= 0.3 is 0 Å². The summed E-state index contributed by atoms with van der Waals surface area (Å²) in [4.78, 5) is 0.375. The van der Waals surface area contributed by atoms with E-state index in [9.17, 15) is 8.42 Å². The molecule has 1 aromatic carbocycles. The summed E-state index contributed by atoms with van der Waals surface area (Å²) < 4.78 is 32.5. The number of nitrogens with one attached hydrogen (secondary N) is 1. The van der Waals surface area contributed by atoms with Crippen LogP contribution in [-0.4, -0.2) is 27.7 Å². The van der Waals surface area contributed by atoms with Crippen LogP contribution in [0.1, 0.15) is 24.0 Å². The number of benzene rings is 1. The SMILES string of the molecule is Cc1ccc(S(=O)(=O)NC2CCOCC2)c(C)c1. The average molecular weight is 269 g/mol. The van der Waals surface area contributed by atoms with Crippen molar-refractivity contribution < 1.29 is 13.2 Å². The minimum absolute atomic E-state index is 0.00977. The second-order valence-electron chi connectivity index (χ2n) is 4.78. The highest BCUT2D eigenvalue weighted by Gasteiger charge is 2.23. The van der Waals surface area contributed by atoms with Crippen molar-refractivity contribution in [2.45, 2.75) is 37.6 Å². The van der Waals surface area contributed by atoms with Gasteiger partial charge in [-0.1, -0.05) is 17.7 Å². The normalized spacial score (nSPS) is 17.9. The zero-order valence-corrected chi connectivity index (χ0v) is 11.6. The zero-order valence-electron chi connectivity index (χ0n) is 10.8. The van der Waals surface area contributed by atoms with Crippen LogP contribution in [0.15, 0.2) is 23.1 Å². The van der Waals surface area contributed by atoms with Crippen LogP contribution in [0.4, 0.5) is 0 Å². The van der Waals surface area contributed by atoms with Crippen molar-refractivity contribution in [2.24, 2.45) is 0 Å². The molecule has 0 unspecified atom stereocenters. The van der Waals surface area contributed by atoms with Crippen LogP contribution in [0.5, 0.6) is 0 Å². The molecule has 1 heterocycles. The molecule has 18 heavy (non-hydrogen) atoms. The van der Waals surface area contributed by atoms with Crippen molar-refractivity contribution in [2.75, 3.05) is 13.2 Å². The standard InChI is InChI=1S/C13H19NO3S/c1-10-3-4-13(11(2)9-10)18(15,16)14-12-5-7-17-8-6-12/h3-4,9,12,14H,5-8H2,1-2H3. The van der Waals surface area contributed by atoms with E-state index in [1.165, 1.54) is 0 Å². The molecule has 1 aliphatic heterocycles. The molecule has 2 rings (SSSR count). The summed E-state index contributed by atoms with van der Waals surface area (Å²) in [5, 5.41) is 0. The smallest absolute Gasteiger partial charge is 0.241 e. The first-order chi connectivity index (χ1) is 8.49. The number of sulfonamides is 1. The van der Waals surface area contributed by atoms with Crippen molar-refractivity contribution in [1.82, 2.24) is 4.72 Å². The van der Waals surface area contributed by atoms with Gasteiger partial charge in [-0.15, -0.1) is 0 Å². The Kier molecular flexibility index (Phi) is 4.04. The Morgan fingerprint density at radius 1 is 1.22 bits per heavy atom. The Hall–Kier alpha value is -0.910. The van der Waals surface area contributed by atoms with Crippen molar-refractivity contribution in [3.63, 3.8) is 0 Å². The number of hydrogen-bond donors (Lipinski definition) is 1. The third-order valence-electron chi connectivity index (χ3n) is 3.16. The van der Waals surface area contributed by atoms with E-state index in [-0.39, 0.29) is 6.04 Å². The van der Waals surface area contributed by atoms with Crippen LogP contribution in [0.25, 0.3) is 0 Å². The van der Waals surface area contributed by atoms with Crippen LogP contribution in [0, 0.1) is 13.8 Å². The number of aryl methyl sites for hydroxylation is 2. The Balaban J connectivity index is 2.19. The van der Waals surface area contributed by atoms with Gasteiger partial charge in [-0.3, -0.25) is 0 Å². The Bertz CT molecular complexity index is 519. The second-order valence-corrected chi connectivity index (χ2v) is 6.46. The average Bonchev–Trinajstić information content (AvgIpc) is 2.29. The summed E-state index contributed by atoms with van der Waals surface area (Å²) in [7, 11) is -3.41. The molecule has 5 heteroatoms. The van der Waals surface area contributed by atoms with Gasteiger partial charge in [0, 0.05) is 19.3 Å². The minimum Gasteiger partial charge on any atom is -0.381 e. The molecule has 1 aliphatic rings. The molecular weight excluding hydrogens is 250 g/mol. The maximum Gasteiger partial charge on any atom is 0.241 e. The van der Waals surface area contributed by atoms with Crippen molar-refractivity contribution in [3.05, 3.63) is 29.3 Å². The highest BCUT2D eigenvalue weighted by molar-refractivity contribution is 7.89. The van der Waals surface area contributed by atoms with E-state index in [0.29, 0.717) is 18.1 Å². The summed E-state index contributed by atoms with van der Waals surface area (Å²) in [5.74, 6) is 0. The van der Waals surface area contributed by atoms with Crippen LogP contribution < -0.4 is 4.72 Å². The first-order valence-electron chi connectivity index (χ1n) is 6.16. The van der Waals surface area contributed by atoms with Crippen LogP contribution in [-0.2, 0) is 14.8 Å². The molecular formula is C13H19NO3S.